The minimum Gasteiger partial charge on any atom is -0.372 e. The van der Waals surface area contributed by atoms with Gasteiger partial charge in [0.15, 0.2) is 22.8 Å². The van der Waals surface area contributed by atoms with Crippen LogP contribution in [0.2, 0.25) is 0 Å². The van der Waals surface area contributed by atoms with E-state index in [9.17, 15) is 4.79 Å². The maximum atomic E-state index is 12.3. The lowest BCUT2D eigenvalue weighted by Crippen LogP contribution is -2.32. The number of nitrogens with one attached hydrogen (secondary N) is 1. The van der Waals surface area contributed by atoms with E-state index in [2.05, 4.69) is 32.1 Å². The first kappa shape index (κ1) is 17.7. The van der Waals surface area contributed by atoms with Crippen LogP contribution in [0.25, 0.3) is 11.2 Å². The van der Waals surface area contributed by atoms with Gasteiger partial charge in [-0.1, -0.05) is 5.92 Å². The van der Waals surface area contributed by atoms with Crippen LogP contribution in [0.1, 0.15) is 32.0 Å². The first-order chi connectivity index (χ1) is 13.2. The molecule has 1 amide bonds. The summed E-state index contributed by atoms with van der Waals surface area (Å²) in [7, 11) is 1.61. The van der Waals surface area contributed by atoms with Gasteiger partial charge < -0.3 is 19.5 Å². The fourth-order valence-corrected chi connectivity index (χ4v) is 3.48. The number of amides is 1. The molecule has 1 aliphatic heterocycles. The molecule has 2 aliphatic rings. The lowest BCUT2D eigenvalue weighted by Gasteiger charge is -2.17. The average molecular weight is 368 g/mol. The van der Waals surface area contributed by atoms with Crippen LogP contribution in [-0.2, 0) is 16.1 Å². The van der Waals surface area contributed by atoms with Gasteiger partial charge in [-0.05, 0) is 32.1 Å². The van der Waals surface area contributed by atoms with E-state index < -0.39 is 0 Å². The highest BCUT2D eigenvalue weighted by molar-refractivity contribution is 5.84. The third-order valence-electron chi connectivity index (χ3n) is 5.03. The van der Waals surface area contributed by atoms with E-state index in [1.165, 1.54) is 0 Å². The molecule has 0 aromatic carbocycles. The Morgan fingerprint density at radius 2 is 2.22 bits per heavy atom. The summed E-state index contributed by atoms with van der Waals surface area (Å²) in [5.41, 5.74) is 1.48. The predicted molar refractivity (Wildman–Crippen MR) is 101 cm³/mol. The second kappa shape index (κ2) is 7.53. The van der Waals surface area contributed by atoms with Gasteiger partial charge in [-0.25, -0.2) is 15.0 Å². The number of carbonyl (C=O) groups excluding carboxylic acids is 1. The Labute approximate surface area is 158 Å². The standard InChI is InChI=1S/C19H24N6O2/c1-3-25-15(5-4-10-27-2)23-16-17(20-12-21-18(16)25)22-14-8-9-24(11-14)19(26)13-6-7-13/h12-14H,3,6-11H2,1-2H3,(H,20,21,22)/t14-/m0/s1. The first-order valence-electron chi connectivity index (χ1n) is 9.45. The Hall–Kier alpha value is -2.66. The molecule has 1 atom stereocenters. The molecule has 142 valence electrons. The largest absolute Gasteiger partial charge is 0.372 e. The van der Waals surface area contributed by atoms with Crippen LogP contribution in [0.3, 0.4) is 0 Å². The maximum Gasteiger partial charge on any atom is 0.225 e. The molecule has 1 saturated carbocycles. The number of hydrogen-bond acceptors (Lipinski definition) is 6. The lowest BCUT2D eigenvalue weighted by molar-refractivity contribution is -0.131. The van der Waals surface area contributed by atoms with E-state index in [1.807, 2.05) is 16.4 Å². The van der Waals surface area contributed by atoms with E-state index in [-0.39, 0.29) is 12.0 Å². The van der Waals surface area contributed by atoms with E-state index in [1.54, 1.807) is 13.4 Å². The summed E-state index contributed by atoms with van der Waals surface area (Å²) in [4.78, 5) is 27.7. The number of carbonyl (C=O) groups is 1. The Balaban J connectivity index is 1.55. The molecule has 0 radical (unpaired) electrons. The number of nitrogens with zero attached hydrogens (tertiary/aromatic N) is 5. The van der Waals surface area contributed by atoms with E-state index in [4.69, 9.17) is 4.74 Å². The third-order valence-corrected chi connectivity index (χ3v) is 5.03. The summed E-state index contributed by atoms with van der Waals surface area (Å²) in [6.45, 7) is 4.64. The zero-order valence-electron chi connectivity index (χ0n) is 15.7. The van der Waals surface area contributed by atoms with Gasteiger partial charge in [0.2, 0.25) is 5.91 Å². The molecular weight excluding hydrogens is 344 g/mol. The van der Waals surface area contributed by atoms with E-state index >= 15 is 0 Å². The van der Waals surface area contributed by atoms with E-state index in [0.717, 1.165) is 44.5 Å². The number of methoxy groups -OCH3 is 1. The van der Waals surface area contributed by atoms with Gasteiger partial charge in [-0.3, -0.25) is 4.79 Å². The first-order valence-corrected chi connectivity index (χ1v) is 9.45. The Morgan fingerprint density at radius 1 is 1.37 bits per heavy atom. The number of hydrogen-bond donors (Lipinski definition) is 1. The fraction of sp³-hybridized carbons (Fsp3) is 0.579. The molecule has 2 fully saturated rings. The Morgan fingerprint density at radius 3 is 2.96 bits per heavy atom. The van der Waals surface area contributed by atoms with Crippen molar-refractivity contribution in [2.24, 2.45) is 5.92 Å². The van der Waals surface area contributed by atoms with Crippen LogP contribution >= 0.6 is 0 Å². The van der Waals surface area contributed by atoms with Gasteiger partial charge in [-0.2, -0.15) is 0 Å². The third kappa shape index (κ3) is 3.60. The van der Waals surface area contributed by atoms with Crippen LogP contribution in [0.4, 0.5) is 5.82 Å². The number of rotatable bonds is 5. The van der Waals surface area contributed by atoms with E-state index in [0.29, 0.717) is 29.7 Å². The van der Waals surface area contributed by atoms with Crippen LogP contribution in [0.5, 0.6) is 0 Å². The van der Waals surface area contributed by atoms with Crippen molar-refractivity contribution in [1.29, 1.82) is 0 Å². The van der Waals surface area contributed by atoms with Gasteiger partial charge in [0.05, 0.1) is 0 Å². The molecule has 1 aliphatic carbocycles. The molecule has 3 heterocycles. The molecule has 27 heavy (non-hydrogen) atoms. The summed E-state index contributed by atoms with van der Waals surface area (Å²) in [6, 6.07) is 0.181. The lowest BCUT2D eigenvalue weighted by atomic mass is 10.2. The molecule has 2 aromatic rings. The summed E-state index contributed by atoms with van der Waals surface area (Å²) in [5, 5.41) is 3.47. The van der Waals surface area contributed by atoms with Crippen molar-refractivity contribution in [2.75, 3.05) is 32.1 Å². The normalized spacial score (nSPS) is 19.2. The van der Waals surface area contributed by atoms with Crippen molar-refractivity contribution in [3.63, 3.8) is 0 Å². The van der Waals surface area contributed by atoms with Crippen LogP contribution in [-0.4, -0.2) is 63.2 Å². The number of likely N-dealkylation sites (tertiary alicyclic amines) is 1. The molecule has 2 aromatic heterocycles. The molecule has 0 spiro atoms. The molecule has 1 saturated heterocycles. The molecular formula is C19H24N6O2. The van der Waals surface area contributed by atoms with Crippen molar-refractivity contribution in [1.82, 2.24) is 24.4 Å². The molecule has 8 nitrogen and oxygen atoms in total. The van der Waals surface area contributed by atoms with Gasteiger partial charge in [0.25, 0.3) is 0 Å². The highest BCUT2D eigenvalue weighted by Crippen LogP contribution is 2.32. The molecule has 8 heteroatoms. The molecule has 4 rings (SSSR count). The summed E-state index contributed by atoms with van der Waals surface area (Å²) in [5.74, 6) is 7.92. The number of anilines is 1. The minimum absolute atomic E-state index is 0.181. The second-order valence-corrected chi connectivity index (χ2v) is 7.00. The van der Waals surface area contributed by atoms with Gasteiger partial charge >= 0.3 is 0 Å². The van der Waals surface area contributed by atoms with Crippen LogP contribution < -0.4 is 5.32 Å². The second-order valence-electron chi connectivity index (χ2n) is 7.00. The summed E-state index contributed by atoms with van der Waals surface area (Å²) in [6.07, 6.45) is 4.55. The zero-order valence-corrected chi connectivity index (χ0v) is 15.7. The smallest absolute Gasteiger partial charge is 0.225 e. The fourth-order valence-electron chi connectivity index (χ4n) is 3.48. The quantitative estimate of drug-likeness (QED) is 0.800. The van der Waals surface area contributed by atoms with Crippen LogP contribution in [0.15, 0.2) is 6.33 Å². The SMILES string of the molecule is CCn1c(C#CCOC)nc2c(N[C@H]3CCN(C(=O)C4CC4)C3)ncnc21. The topological polar surface area (TPSA) is 85.2 Å². The van der Waals surface area contributed by atoms with Gasteiger partial charge in [0, 0.05) is 38.7 Å². The van der Waals surface area contributed by atoms with Crippen LogP contribution in [0, 0.1) is 17.8 Å². The van der Waals surface area contributed by atoms with Crippen molar-refractivity contribution >= 4 is 22.9 Å². The number of aromatic nitrogens is 4. The van der Waals surface area contributed by atoms with Gasteiger partial charge in [-0.15, -0.1) is 0 Å². The Bertz CT molecular complexity index is 908. The molecule has 1 N–H and O–H groups in total. The summed E-state index contributed by atoms with van der Waals surface area (Å²) >= 11 is 0. The molecule has 0 unspecified atom stereocenters. The van der Waals surface area contributed by atoms with Crippen molar-refractivity contribution in [2.45, 2.75) is 38.8 Å². The van der Waals surface area contributed by atoms with Crippen molar-refractivity contribution in [3.05, 3.63) is 12.2 Å². The van der Waals surface area contributed by atoms with Crippen molar-refractivity contribution < 1.29 is 9.53 Å². The monoisotopic (exact) mass is 368 g/mol. The summed E-state index contributed by atoms with van der Waals surface area (Å²) < 4.78 is 6.97. The molecule has 0 bridgehead atoms. The highest BCUT2D eigenvalue weighted by atomic mass is 16.5. The number of aryl methyl sites for hydroxylation is 1. The number of imidazole rings is 1. The minimum atomic E-state index is 0.181. The highest BCUT2D eigenvalue weighted by Gasteiger charge is 2.36. The van der Waals surface area contributed by atoms with Gasteiger partial charge in [0.1, 0.15) is 12.9 Å². The number of fused-ring (bicyclic) bond motifs is 1. The number of ether oxygens (including phenoxy) is 1. The average Bonchev–Trinajstić information content (AvgIpc) is 3.31. The maximum absolute atomic E-state index is 12.3. The predicted octanol–water partition coefficient (Wildman–Crippen LogP) is 1.27. The Kier molecular flexibility index (Phi) is 4.94. The zero-order chi connectivity index (χ0) is 18.8. The van der Waals surface area contributed by atoms with Crippen molar-refractivity contribution in [3.8, 4) is 11.8 Å².